The van der Waals surface area contributed by atoms with Crippen LogP contribution in [0.25, 0.3) is 0 Å². The number of rotatable bonds is 7. The lowest BCUT2D eigenvalue weighted by atomic mass is 10.9. The molecule has 0 saturated carbocycles. The van der Waals surface area contributed by atoms with Crippen LogP contribution in [0, 0.1) is 0 Å². The van der Waals surface area contributed by atoms with Crippen molar-refractivity contribution >= 4 is 17.0 Å². The Kier molecular flexibility index (Phi) is 6.17. The van der Waals surface area contributed by atoms with Crippen LogP contribution >= 0.6 is 0 Å². The first-order valence-electron chi connectivity index (χ1n) is 5.90. The van der Waals surface area contributed by atoms with Crippen LogP contribution in [-0.4, -0.2) is 17.0 Å². The second-order valence-corrected chi connectivity index (χ2v) is 12.4. The normalized spacial score (nSPS) is 13.3. The van der Waals surface area contributed by atoms with Gasteiger partial charge in [0.2, 0.25) is 0 Å². The fourth-order valence-corrected chi connectivity index (χ4v) is 9.74. The predicted molar refractivity (Wildman–Crippen MR) is 66.1 cm³/mol. The van der Waals surface area contributed by atoms with E-state index in [0.717, 1.165) is 18.1 Å². The van der Waals surface area contributed by atoms with E-state index in [1.54, 1.807) is 0 Å². The Balaban J connectivity index is 4.56. The van der Waals surface area contributed by atoms with Crippen molar-refractivity contribution in [2.75, 3.05) is 0 Å². The van der Waals surface area contributed by atoms with Crippen LogP contribution in [0.3, 0.4) is 0 Å². The van der Waals surface area contributed by atoms with E-state index in [4.69, 9.17) is 4.12 Å². The molecule has 0 aromatic rings. The smallest absolute Gasteiger partial charge is 0.373 e. The van der Waals surface area contributed by atoms with Crippen molar-refractivity contribution in [3.05, 3.63) is 0 Å². The fraction of sp³-hybridized carbons (Fsp3) is 1.00. The van der Waals surface area contributed by atoms with Gasteiger partial charge in [0.25, 0.3) is 0 Å². The Hall–Kier alpha value is 0.324. The zero-order valence-electron chi connectivity index (χ0n) is 10.3. The van der Waals surface area contributed by atoms with Crippen molar-refractivity contribution in [1.82, 2.24) is 0 Å². The van der Waals surface area contributed by atoms with Gasteiger partial charge in [0.15, 0.2) is 8.32 Å². The molecular weight excluding hydrogens is 211 g/mol. The topological polar surface area (TPSA) is 9.23 Å². The molecule has 0 spiro atoms. The van der Waals surface area contributed by atoms with Crippen LogP contribution in [0.4, 0.5) is 4.11 Å². The minimum absolute atomic E-state index is 0.609. The predicted octanol–water partition coefficient (Wildman–Crippen LogP) is 4.46. The molecule has 1 nitrogen and oxygen atoms in total. The van der Waals surface area contributed by atoms with Crippen LogP contribution in [0.5, 0.6) is 0 Å². The quantitative estimate of drug-likeness (QED) is 0.468. The summed E-state index contributed by atoms with van der Waals surface area (Å²) in [4.78, 5) is 0. The summed E-state index contributed by atoms with van der Waals surface area (Å²) in [7, 11) is -4.54. The molecule has 0 radical (unpaired) electrons. The molecule has 0 aliphatic rings. The van der Waals surface area contributed by atoms with E-state index in [1.165, 1.54) is 0 Å². The molecule has 0 rings (SSSR count). The van der Waals surface area contributed by atoms with E-state index >= 15 is 0 Å². The van der Waals surface area contributed by atoms with Gasteiger partial charge in [0.05, 0.1) is 0 Å². The zero-order valence-corrected chi connectivity index (χ0v) is 12.3. The van der Waals surface area contributed by atoms with Crippen LogP contribution < -0.4 is 0 Å². The minimum Gasteiger partial charge on any atom is -0.432 e. The standard InChI is InChI=1S/C10H25FOSi2/c1-6-13(7-2,8-3)12-14(11,9-4)10-5/h6-10H2,1-5H3. The fourth-order valence-electron chi connectivity index (χ4n) is 1.75. The Bertz CT molecular complexity index is 148. The van der Waals surface area contributed by atoms with Crippen molar-refractivity contribution in [3.8, 4) is 0 Å². The average Bonchev–Trinajstić information content (AvgIpc) is 2.26. The highest BCUT2D eigenvalue weighted by molar-refractivity contribution is 6.84. The van der Waals surface area contributed by atoms with Crippen molar-refractivity contribution in [3.63, 3.8) is 0 Å². The van der Waals surface area contributed by atoms with Gasteiger partial charge in [-0.2, -0.15) is 0 Å². The van der Waals surface area contributed by atoms with E-state index < -0.39 is 17.0 Å². The van der Waals surface area contributed by atoms with Crippen molar-refractivity contribution in [2.24, 2.45) is 0 Å². The maximum Gasteiger partial charge on any atom is 0.373 e. The molecule has 0 atom stereocenters. The first-order valence-corrected chi connectivity index (χ1v) is 10.6. The molecule has 14 heavy (non-hydrogen) atoms. The molecule has 0 bridgehead atoms. The summed E-state index contributed by atoms with van der Waals surface area (Å²) in [5.74, 6) is 0. The van der Waals surface area contributed by atoms with Gasteiger partial charge in [-0.25, -0.2) is 0 Å². The van der Waals surface area contributed by atoms with Crippen molar-refractivity contribution in [2.45, 2.75) is 64.8 Å². The molecular formula is C10H25FOSi2. The lowest BCUT2D eigenvalue weighted by Crippen LogP contribution is -2.47. The lowest BCUT2D eigenvalue weighted by Gasteiger charge is -2.35. The van der Waals surface area contributed by atoms with Crippen molar-refractivity contribution in [1.29, 1.82) is 0 Å². The molecule has 0 saturated heterocycles. The summed E-state index contributed by atoms with van der Waals surface area (Å²) in [5.41, 5.74) is 0. The monoisotopic (exact) mass is 236 g/mol. The first-order chi connectivity index (χ1) is 6.51. The highest BCUT2D eigenvalue weighted by Gasteiger charge is 2.41. The highest BCUT2D eigenvalue weighted by atomic mass is 28.5. The first kappa shape index (κ1) is 14.3. The van der Waals surface area contributed by atoms with Gasteiger partial charge < -0.3 is 4.12 Å². The van der Waals surface area contributed by atoms with Crippen LogP contribution in [0.2, 0.25) is 30.2 Å². The van der Waals surface area contributed by atoms with Crippen LogP contribution in [0.1, 0.15) is 34.6 Å². The highest BCUT2D eigenvalue weighted by Crippen LogP contribution is 2.30. The number of halogens is 1. The Morgan fingerprint density at radius 3 is 1.36 bits per heavy atom. The maximum absolute atomic E-state index is 14.3. The third-order valence-corrected chi connectivity index (χ3v) is 12.6. The van der Waals surface area contributed by atoms with Gasteiger partial charge in [-0.3, -0.25) is 4.11 Å². The lowest BCUT2D eigenvalue weighted by molar-refractivity contribution is 0.439. The van der Waals surface area contributed by atoms with Crippen LogP contribution in [-0.2, 0) is 4.12 Å². The van der Waals surface area contributed by atoms with Gasteiger partial charge in [0, 0.05) is 0 Å². The van der Waals surface area contributed by atoms with Gasteiger partial charge in [-0.05, 0) is 30.2 Å². The Labute approximate surface area is 90.5 Å². The Morgan fingerprint density at radius 1 is 0.786 bits per heavy atom. The van der Waals surface area contributed by atoms with Gasteiger partial charge in [-0.1, -0.05) is 34.6 Å². The van der Waals surface area contributed by atoms with Gasteiger partial charge >= 0.3 is 8.65 Å². The summed E-state index contributed by atoms with van der Waals surface area (Å²) in [5, 5.41) is 0. The Morgan fingerprint density at radius 2 is 1.14 bits per heavy atom. The molecule has 0 N–H and O–H groups in total. The molecule has 0 aliphatic heterocycles. The second-order valence-electron chi connectivity index (χ2n) is 3.94. The SMILES string of the molecule is CC[Si](F)(CC)O[Si](CC)(CC)CC. The molecule has 0 heterocycles. The van der Waals surface area contributed by atoms with Crippen molar-refractivity contribution < 1.29 is 8.22 Å². The van der Waals surface area contributed by atoms with E-state index in [0.29, 0.717) is 12.1 Å². The van der Waals surface area contributed by atoms with Crippen LogP contribution in [0.15, 0.2) is 0 Å². The van der Waals surface area contributed by atoms with Gasteiger partial charge in [-0.15, -0.1) is 0 Å². The molecule has 0 unspecified atom stereocenters. The molecule has 0 aromatic carbocycles. The van der Waals surface area contributed by atoms with E-state index in [-0.39, 0.29) is 0 Å². The zero-order chi connectivity index (χ0) is 11.2. The summed E-state index contributed by atoms with van der Waals surface area (Å²) in [6, 6.07) is 4.38. The number of hydrogen-bond acceptors (Lipinski definition) is 1. The second kappa shape index (κ2) is 6.03. The van der Waals surface area contributed by atoms with E-state index in [2.05, 4.69) is 20.8 Å². The molecule has 4 heteroatoms. The molecule has 0 aromatic heterocycles. The molecule has 0 fully saturated rings. The third kappa shape index (κ3) is 3.48. The average molecular weight is 236 g/mol. The largest absolute Gasteiger partial charge is 0.432 e. The molecule has 0 amide bonds. The summed E-state index contributed by atoms with van der Waals surface area (Å²) < 4.78 is 20.2. The van der Waals surface area contributed by atoms with Gasteiger partial charge in [0.1, 0.15) is 0 Å². The maximum atomic E-state index is 14.3. The minimum atomic E-state index is -2.83. The van der Waals surface area contributed by atoms with E-state index in [9.17, 15) is 4.11 Å². The third-order valence-electron chi connectivity index (χ3n) is 3.39. The molecule has 0 aliphatic carbocycles. The van der Waals surface area contributed by atoms with E-state index in [1.807, 2.05) is 13.8 Å². The summed E-state index contributed by atoms with van der Waals surface area (Å²) in [6.07, 6.45) is 0. The summed E-state index contributed by atoms with van der Waals surface area (Å²) >= 11 is 0. The molecule has 86 valence electrons. The number of hydrogen-bond donors (Lipinski definition) is 0. The summed E-state index contributed by atoms with van der Waals surface area (Å²) in [6.45, 7) is 10.3.